The number of halogens is 1. The summed E-state index contributed by atoms with van der Waals surface area (Å²) in [5, 5.41) is 10.0. The van der Waals surface area contributed by atoms with Crippen LogP contribution in [0.2, 0.25) is 5.02 Å². The van der Waals surface area contributed by atoms with E-state index in [1.165, 1.54) is 0 Å². The van der Waals surface area contributed by atoms with Gasteiger partial charge in [0.05, 0.1) is 22.6 Å². The number of ether oxygens (including phenoxy) is 1. The van der Waals surface area contributed by atoms with Gasteiger partial charge in [0, 0.05) is 13.1 Å². The van der Waals surface area contributed by atoms with Gasteiger partial charge in [0.15, 0.2) is 0 Å². The van der Waals surface area contributed by atoms with Gasteiger partial charge in [0.2, 0.25) is 0 Å². The van der Waals surface area contributed by atoms with Crippen molar-refractivity contribution in [1.82, 2.24) is 9.55 Å². The summed E-state index contributed by atoms with van der Waals surface area (Å²) >= 11 is 6.37. The van der Waals surface area contributed by atoms with E-state index in [0.29, 0.717) is 41.1 Å². The number of amidine groups is 1. The van der Waals surface area contributed by atoms with Crippen molar-refractivity contribution in [1.29, 1.82) is 0 Å². The minimum atomic E-state index is -0.205. The van der Waals surface area contributed by atoms with Crippen molar-refractivity contribution >= 4 is 28.5 Å². The molecule has 130 valence electrons. The average molecular weight is 359 g/mol. The number of hydrogen-bond donors (Lipinski definition) is 2. The summed E-state index contributed by atoms with van der Waals surface area (Å²) in [5.41, 5.74) is 8.32. The van der Waals surface area contributed by atoms with Gasteiger partial charge in [-0.05, 0) is 11.6 Å². The molecule has 3 aromatic rings. The van der Waals surface area contributed by atoms with Gasteiger partial charge in [0.25, 0.3) is 0 Å². The fourth-order valence-corrected chi connectivity index (χ4v) is 2.76. The van der Waals surface area contributed by atoms with E-state index < -0.39 is 0 Å². The summed E-state index contributed by atoms with van der Waals surface area (Å²) in [5.74, 6) is 1.48. The first-order valence-corrected chi connectivity index (χ1v) is 8.17. The Kier molecular flexibility index (Phi) is 5.21. The van der Waals surface area contributed by atoms with Crippen LogP contribution in [-0.4, -0.2) is 27.5 Å². The second kappa shape index (κ2) is 7.55. The van der Waals surface area contributed by atoms with Gasteiger partial charge in [-0.15, -0.1) is 0 Å². The van der Waals surface area contributed by atoms with Crippen LogP contribution in [0.5, 0.6) is 5.75 Å². The summed E-state index contributed by atoms with van der Waals surface area (Å²) in [6.45, 7) is 0.544. The van der Waals surface area contributed by atoms with Crippen molar-refractivity contribution in [2.75, 3.05) is 7.05 Å². The van der Waals surface area contributed by atoms with E-state index in [4.69, 9.17) is 22.1 Å². The highest BCUT2D eigenvalue weighted by Gasteiger charge is 2.14. The fraction of sp³-hybridized carbons (Fsp3) is 0.222. The first kappa shape index (κ1) is 17.3. The predicted octanol–water partition coefficient (Wildman–Crippen LogP) is 2.75. The van der Waals surface area contributed by atoms with Crippen molar-refractivity contribution in [3.05, 3.63) is 58.9 Å². The first-order chi connectivity index (χ1) is 12.1. The lowest BCUT2D eigenvalue weighted by molar-refractivity contribution is 0.267. The third-order valence-electron chi connectivity index (χ3n) is 3.87. The van der Waals surface area contributed by atoms with Crippen molar-refractivity contribution in [2.24, 2.45) is 10.7 Å². The molecule has 7 heteroatoms. The van der Waals surface area contributed by atoms with E-state index >= 15 is 0 Å². The number of aliphatic hydroxyl groups is 1. The number of nitrogens with two attached hydrogens (primary N) is 1. The molecule has 0 aliphatic rings. The van der Waals surface area contributed by atoms with Crippen molar-refractivity contribution in [3.63, 3.8) is 0 Å². The van der Waals surface area contributed by atoms with Gasteiger partial charge in [-0.25, -0.2) is 4.98 Å². The molecule has 0 atom stereocenters. The van der Waals surface area contributed by atoms with Crippen LogP contribution < -0.4 is 10.5 Å². The van der Waals surface area contributed by atoms with E-state index in [9.17, 15) is 5.11 Å². The molecule has 6 nitrogen and oxygen atoms in total. The van der Waals surface area contributed by atoms with Crippen molar-refractivity contribution < 1.29 is 9.84 Å². The van der Waals surface area contributed by atoms with Gasteiger partial charge >= 0.3 is 0 Å². The smallest absolute Gasteiger partial charge is 0.140 e. The van der Waals surface area contributed by atoms with E-state index in [1.807, 2.05) is 30.3 Å². The number of imidazole rings is 1. The highest BCUT2D eigenvalue weighted by atomic mass is 35.5. The highest BCUT2D eigenvalue weighted by Crippen LogP contribution is 2.31. The van der Waals surface area contributed by atoms with Crippen LogP contribution >= 0.6 is 11.6 Å². The van der Waals surface area contributed by atoms with Gasteiger partial charge < -0.3 is 20.1 Å². The Hall–Kier alpha value is -2.57. The molecule has 0 spiro atoms. The molecule has 0 radical (unpaired) electrons. The van der Waals surface area contributed by atoms with Crippen molar-refractivity contribution in [2.45, 2.75) is 19.8 Å². The molecule has 0 saturated carbocycles. The lowest BCUT2D eigenvalue weighted by atomic mass is 10.2. The highest BCUT2D eigenvalue weighted by molar-refractivity contribution is 6.32. The normalized spacial score (nSPS) is 11.9. The lowest BCUT2D eigenvalue weighted by Crippen LogP contribution is -2.20. The van der Waals surface area contributed by atoms with Gasteiger partial charge in [-0.2, -0.15) is 0 Å². The standard InChI is InChI=1S/C18H19ClN4O2/c1-21-17(20)9-23-15-7-13(19)16(8-14(15)22-18(23)10-24)25-11-12-5-3-2-4-6-12/h2-8,24H,9-11H2,1H3,(H2,20,21). The Bertz CT molecular complexity index is 906. The second-order valence-corrected chi connectivity index (χ2v) is 5.94. The largest absolute Gasteiger partial charge is 0.487 e. The maximum Gasteiger partial charge on any atom is 0.140 e. The van der Waals surface area contributed by atoms with E-state index in [1.54, 1.807) is 23.7 Å². The number of nitrogens with zero attached hydrogens (tertiary/aromatic N) is 3. The maximum atomic E-state index is 9.57. The third kappa shape index (κ3) is 3.75. The minimum absolute atomic E-state index is 0.205. The number of hydrogen-bond acceptors (Lipinski definition) is 4. The molecule has 0 unspecified atom stereocenters. The minimum Gasteiger partial charge on any atom is -0.487 e. The molecule has 3 rings (SSSR count). The van der Waals surface area contributed by atoms with Crippen molar-refractivity contribution in [3.8, 4) is 5.75 Å². The van der Waals surface area contributed by atoms with E-state index in [-0.39, 0.29) is 6.61 Å². The molecule has 0 fully saturated rings. The zero-order valence-electron chi connectivity index (χ0n) is 13.8. The van der Waals surface area contributed by atoms with Crippen LogP contribution in [0.1, 0.15) is 11.4 Å². The van der Waals surface area contributed by atoms with Gasteiger partial charge in [-0.3, -0.25) is 4.99 Å². The van der Waals surface area contributed by atoms with Gasteiger partial charge in [0.1, 0.15) is 30.6 Å². The Labute approximate surface area is 150 Å². The molecular weight excluding hydrogens is 340 g/mol. The third-order valence-corrected chi connectivity index (χ3v) is 4.16. The van der Waals surface area contributed by atoms with Crippen LogP contribution in [0, 0.1) is 0 Å². The van der Waals surface area contributed by atoms with Crippen LogP contribution in [0.4, 0.5) is 0 Å². The van der Waals surface area contributed by atoms with E-state index in [2.05, 4.69) is 9.98 Å². The van der Waals surface area contributed by atoms with Crippen LogP contribution in [0.15, 0.2) is 47.5 Å². The Balaban J connectivity index is 1.93. The molecule has 0 aliphatic carbocycles. The second-order valence-electron chi connectivity index (χ2n) is 5.53. The molecule has 0 aliphatic heterocycles. The van der Waals surface area contributed by atoms with Crippen LogP contribution in [0.25, 0.3) is 11.0 Å². The Morgan fingerprint density at radius 3 is 2.76 bits per heavy atom. The number of aliphatic imine (C=N–C) groups is 1. The topological polar surface area (TPSA) is 85.7 Å². The SMILES string of the molecule is CN=C(N)Cn1c(CO)nc2cc(OCc3ccccc3)c(Cl)cc21. The Morgan fingerprint density at radius 1 is 1.32 bits per heavy atom. The summed E-state index contributed by atoms with van der Waals surface area (Å²) in [7, 11) is 1.62. The maximum absolute atomic E-state index is 9.57. The molecule has 2 aromatic carbocycles. The quantitative estimate of drug-likeness (QED) is 0.524. The number of rotatable bonds is 6. The number of aromatic nitrogens is 2. The Morgan fingerprint density at radius 2 is 2.08 bits per heavy atom. The fourth-order valence-electron chi connectivity index (χ4n) is 2.55. The number of aliphatic hydroxyl groups excluding tert-OH is 1. The molecule has 3 N–H and O–H groups in total. The molecule has 1 aromatic heterocycles. The zero-order chi connectivity index (χ0) is 17.8. The van der Waals surface area contributed by atoms with E-state index in [0.717, 1.165) is 11.1 Å². The molecule has 0 saturated heterocycles. The summed E-state index contributed by atoms with van der Waals surface area (Å²) in [4.78, 5) is 8.39. The summed E-state index contributed by atoms with van der Waals surface area (Å²) < 4.78 is 7.62. The predicted molar refractivity (Wildman–Crippen MR) is 99.0 cm³/mol. The molecule has 25 heavy (non-hydrogen) atoms. The average Bonchev–Trinajstić information content (AvgIpc) is 2.97. The summed E-state index contributed by atoms with van der Waals surface area (Å²) in [6.07, 6.45) is 0. The first-order valence-electron chi connectivity index (χ1n) is 7.79. The number of benzene rings is 2. The lowest BCUT2D eigenvalue weighted by Gasteiger charge is -2.10. The molecular formula is C18H19ClN4O2. The van der Waals surface area contributed by atoms with Gasteiger partial charge in [-0.1, -0.05) is 41.9 Å². The zero-order valence-corrected chi connectivity index (χ0v) is 14.6. The molecule has 0 bridgehead atoms. The number of fused-ring (bicyclic) bond motifs is 1. The van der Waals surface area contributed by atoms with Crippen LogP contribution in [-0.2, 0) is 19.8 Å². The molecule has 1 heterocycles. The monoisotopic (exact) mass is 358 g/mol. The molecule has 0 amide bonds. The van der Waals surface area contributed by atoms with Crippen LogP contribution in [0.3, 0.4) is 0 Å². The summed E-state index contributed by atoms with van der Waals surface area (Å²) in [6, 6.07) is 13.4.